The van der Waals surface area contributed by atoms with Crippen molar-refractivity contribution in [2.75, 3.05) is 13.2 Å². The molecule has 0 aromatic carbocycles. The van der Waals surface area contributed by atoms with Gasteiger partial charge >= 0.3 is 17.9 Å². The maximum absolute atomic E-state index is 12.7. The molecule has 6 nitrogen and oxygen atoms in total. The number of carbonyl (C=O) groups is 3. The summed E-state index contributed by atoms with van der Waals surface area (Å²) in [6, 6.07) is 0. The molecule has 0 aliphatic heterocycles. The van der Waals surface area contributed by atoms with Crippen LogP contribution in [0.3, 0.4) is 0 Å². The number of unbranched alkanes of at least 4 members (excludes halogenated alkanes) is 24. The van der Waals surface area contributed by atoms with Crippen molar-refractivity contribution >= 4 is 17.9 Å². The van der Waals surface area contributed by atoms with Crippen molar-refractivity contribution in [2.24, 2.45) is 0 Å². The highest BCUT2D eigenvalue weighted by Crippen LogP contribution is 2.15. The van der Waals surface area contributed by atoms with Crippen LogP contribution in [0.25, 0.3) is 0 Å². The van der Waals surface area contributed by atoms with Crippen LogP contribution in [-0.4, -0.2) is 37.2 Å². The number of rotatable bonds is 44. The van der Waals surface area contributed by atoms with Gasteiger partial charge in [0.05, 0.1) is 0 Å². The van der Waals surface area contributed by atoms with Crippen LogP contribution >= 0.6 is 0 Å². The van der Waals surface area contributed by atoms with Crippen LogP contribution in [0.2, 0.25) is 0 Å². The van der Waals surface area contributed by atoms with Crippen molar-refractivity contribution in [3.63, 3.8) is 0 Å². The topological polar surface area (TPSA) is 78.9 Å². The van der Waals surface area contributed by atoms with Crippen molar-refractivity contribution in [3.8, 4) is 0 Å². The molecule has 1 unspecified atom stereocenters. The van der Waals surface area contributed by atoms with Crippen LogP contribution in [0.15, 0.2) is 72.9 Å². The molecule has 6 heteroatoms. The number of allylic oxidation sites excluding steroid dienone is 12. The molecule has 0 amide bonds. The first-order valence-electron chi connectivity index (χ1n) is 25.0. The largest absolute Gasteiger partial charge is 0.462 e. The van der Waals surface area contributed by atoms with Gasteiger partial charge < -0.3 is 14.2 Å². The molecule has 0 spiro atoms. The molecule has 0 saturated heterocycles. The normalized spacial score (nSPS) is 12.7. The van der Waals surface area contributed by atoms with Gasteiger partial charge in [-0.05, 0) is 57.8 Å². The average Bonchev–Trinajstić information content (AvgIpc) is 3.24. The van der Waals surface area contributed by atoms with Crippen molar-refractivity contribution in [2.45, 2.75) is 239 Å². The minimum absolute atomic E-state index is 0.107. The van der Waals surface area contributed by atoms with Crippen LogP contribution < -0.4 is 0 Å². The summed E-state index contributed by atoms with van der Waals surface area (Å²) in [5.41, 5.74) is 0. The van der Waals surface area contributed by atoms with Crippen LogP contribution in [0.1, 0.15) is 233 Å². The van der Waals surface area contributed by atoms with E-state index in [0.29, 0.717) is 19.3 Å². The van der Waals surface area contributed by atoms with E-state index >= 15 is 0 Å². The third-order valence-electron chi connectivity index (χ3n) is 10.6. The van der Waals surface area contributed by atoms with E-state index in [-0.39, 0.29) is 44.0 Å². The SMILES string of the molecule is CC\C=C/C=C\C=C/C=C\CCCCCC(=O)OC(COC(=O)CC/C=C\C/C=C\CCCCCCCC)COC(=O)CCCCCCCCCCCCCCCCCC. The summed E-state index contributed by atoms with van der Waals surface area (Å²) in [6.07, 6.45) is 60.4. The molecule has 344 valence electrons. The van der Waals surface area contributed by atoms with E-state index < -0.39 is 6.10 Å². The zero-order chi connectivity index (χ0) is 43.7. The first-order chi connectivity index (χ1) is 29.5. The Bertz CT molecular complexity index is 1140. The van der Waals surface area contributed by atoms with Crippen molar-refractivity contribution in [1.29, 1.82) is 0 Å². The summed E-state index contributed by atoms with van der Waals surface area (Å²) in [7, 11) is 0. The first kappa shape index (κ1) is 56.9. The Kier molecular flexibility index (Phi) is 46.0. The first-order valence-corrected chi connectivity index (χ1v) is 25.0. The quantitative estimate of drug-likeness (QED) is 0.0200. The molecule has 0 aromatic rings. The zero-order valence-corrected chi connectivity index (χ0v) is 39.2. The van der Waals surface area contributed by atoms with Gasteiger partial charge in [0, 0.05) is 19.3 Å². The summed E-state index contributed by atoms with van der Waals surface area (Å²) >= 11 is 0. The molecular formula is C54H92O6. The van der Waals surface area contributed by atoms with E-state index in [1.807, 2.05) is 42.5 Å². The van der Waals surface area contributed by atoms with E-state index in [9.17, 15) is 14.4 Å². The fourth-order valence-corrected chi connectivity index (χ4v) is 6.80. The maximum Gasteiger partial charge on any atom is 0.306 e. The Balaban J connectivity index is 4.47. The average molecular weight is 837 g/mol. The Labute approximate surface area is 370 Å². The van der Waals surface area contributed by atoms with Crippen molar-refractivity contribution in [1.82, 2.24) is 0 Å². The maximum atomic E-state index is 12.7. The molecule has 0 radical (unpaired) electrons. The zero-order valence-electron chi connectivity index (χ0n) is 39.2. The lowest BCUT2D eigenvalue weighted by atomic mass is 10.0. The number of carbonyl (C=O) groups excluding carboxylic acids is 3. The van der Waals surface area contributed by atoms with Gasteiger partial charge in [-0.2, -0.15) is 0 Å². The number of hydrogen-bond donors (Lipinski definition) is 0. The van der Waals surface area contributed by atoms with E-state index in [1.54, 1.807) is 0 Å². The molecule has 0 saturated carbocycles. The smallest absolute Gasteiger partial charge is 0.306 e. The predicted octanol–water partition coefficient (Wildman–Crippen LogP) is 16.3. The van der Waals surface area contributed by atoms with E-state index in [1.165, 1.54) is 122 Å². The Hall–Kier alpha value is -3.15. The molecule has 0 fully saturated rings. The summed E-state index contributed by atoms with van der Waals surface area (Å²) in [5, 5.41) is 0. The van der Waals surface area contributed by atoms with Crippen LogP contribution in [0.4, 0.5) is 0 Å². The van der Waals surface area contributed by atoms with Crippen LogP contribution in [-0.2, 0) is 28.6 Å². The fourth-order valence-electron chi connectivity index (χ4n) is 6.80. The lowest BCUT2D eigenvalue weighted by Gasteiger charge is -2.18. The molecule has 0 bridgehead atoms. The Morgan fingerprint density at radius 1 is 0.367 bits per heavy atom. The third kappa shape index (κ3) is 45.9. The van der Waals surface area contributed by atoms with E-state index in [4.69, 9.17) is 14.2 Å². The van der Waals surface area contributed by atoms with Gasteiger partial charge in [-0.15, -0.1) is 0 Å². The predicted molar refractivity (Wildman–Crippen MR) is 256 cm³/mol. The second kappa shape index (κ2) is 48.5. The summed E-state index contributed by atoms with van der Waals surface area (Å²) < 4.78 is 16.7. The Morgan fingerprint density at radius 2 is 0.750 bits per heavy atom. The lowest BCUT2D eigenvalue weighted by molar-refractivity contribution is -0.166. The van der Waals surface area contributed by atoms with Gasteiger partial charge in [0.25, 0.3) is 0 Å². The molecule has 0 aromatic heterocycles. The van der Waals surface area contributed by atoms with Gasteiger partial charge in [0.15, 0.2) is 6.10 Å². The fraction of sp³-hybridized carbons (Fsp3) is 0.722. The van der Waals surface area contributed by atoms with Crippen LogP contribution in [0.5, 0.6) is 0 Å². The molecule has 0 aliphatic rings. The molecule has 0 rings (SSSR count). The molecule has 1 atom stereocenters. The molecular weight excluding hydrogens is 745 g/mol. The number of esters is 3. The highest BCUT2D eigenvalue weighted by atomic mass is 16.6. The molecule has 0 N–H and O–H groups in total. The molecule has 0 aliphatic carbocycles. The highest BCUT2D eigenvalue weighted by Gasteiger charge is 2.19. The standard InChI is InChI=1S/C54H92O6/c1-4-7-10-13-16-19-22-25-26-27-30-32-35-38-41-44-47-53(56)59-50-51(60-54(57)48-45-42-39-36-33-29-24-21-18-15-12-9-6-3)49-58-52(55)46-43-40-37-34-31-28-23-20-17-14-11-8-5-2/h9,12,15,18,21,24,28-29,31,33,37,40,51H,4-8,10-11,13-14,16-17,19-20,22-23,25-27,30,32,34-36,38-39,41-50H2,1-3H3/b12-9-,18-15-,24-21-,31-28-,33-29-,40-37-. The highest BCUT2D eigenvalue weighted by molar-refractivity contribution is 5.71. The van der Waals surface area contributed by atoms with Gasteiger partial charge in [0.1, 0.15) is 13.2 Å². The number of hydrogen-bond acceptors (Lipinski definition) is 6. The monoisotopic (exact) mass is 837 g/mol. The lowest BCUT2D eigenvalue weighted by Crippen LogP contribution is -2.30. The molecule has 60 heavy (non-hydrogen) atoms. The van der Waals surface area contributed by atoms with Gasteiger partial charge in [0.2, 0.25) is 0 Å². The van der Waals surface area contributed by atoms with Gasteiger partial charge in [-0.1, -0.05) is 229 Å². The minimum Gasteiger partial charge on any atom is -0.462 e. The van der Waals surface area contributed by atoms with Gasteiger partial charge in [-0.3, -0.25) is 14.4 Å². The Morgan fingerprint density at radius 3 is 1.27 bits per heavy atom. The molecule has 0 heterocycles. The van der Waals surface area contributed by atoms with Gasteiger partial charge in [-0.25, -0.2) is 0 Å². The van der Waals surface area contributed by atoms with Crippen LogP contribution in [0, 0.1) is 0 Å². The summed E-state index contributed by atoms with van der Waals surface area (Å²) in [5.74, 6) is -1.02. The number of ether oxygens (including phenoxy) is 3. The second-order valence-electron chi connectivity index (χ2n) is 16.4. The van der Waals surface area contributed by atoms with Crippen molar-refractivity contribution in [3.05, 3.63) is 72.9 Å². The van der Waals surface area contributed by atoms with Crippen molar-refractivity contribution < 1.29 is 28.6 Å². The summed E-state index contributed by atoms with van der Waals surface area (Å²) in [6.45, 7) is 6.40. The second-order valence-corrected chi connectivity index (χ2v) is 16.4. The van der Waals surface area contributed by atoms with E-state index in [0.717, 1.165) is 57.8 Å². The summed E-state index contributed by atoms with van der Waals surface area (Å²) in [4.78, 5) is 37.8. The minimum atomic E-state index is -0.815. The third-order valence-corrected chi connectivity index (χ3v) is 10.6. The van der Waals surface area contributed by atoms with E-state index in [2.05, 4.69) is 51.2 Å².